The quantitative estimate of drug-likeness (QED) is 0.604. The van der Waals surface area contributed by atoms with E-state index in [2.05, 4.69) is 14.9 Å². The van der Waals surface area contributed by atoms with Gasteiger partial charge in [-0.05, 0) is 18.2 Å². The zero-order chi connectivity index (χ0) is 20.6. The second-order valence-corrected chi connectivity index (χ2v) is 6.85. The van der Waals surface area contributed by atoms with Gasteiger partial charge in [-0.15, -0.1) is 0 Å². The smallest absolute Gasteiger partial charge is 0.368 e. The van der Waals surface area contributed by atoms with Crippen LogP contribution < -0.4 is 4.90 Å². The van der Waals surface area contributed by atoms with Gasteiger partial charge in [0.05, 0.1) is 17.6 Å². The molecule has 5 nitrogen and oxygen atoms in total. The molecule has 0 N–H and O–H groups in total. The van der Waals surface area contributed by atoms with Crippen LogP contribution >= 0.6 is 0 Å². The van der Waals surface area contributed by atoms with E-state index in [1.54, 1.807) is 6.07 Å². The Kier molecular flexibility index (Phi) is 5.12. The van der Waals surface area contributed by atoms with Crippen LogP contribution in [0.2, 0.25) is 0 Å². The van der Waals surface area contributed by atoms with E-state index in [0.717, 1.165) is 22.4 Å². The van der Waals surface area contributed by atoms with Crippen molar-refractivity contribution in [1.29, 1.82) is 0 Å². The molecule has 29 heavy (non-hydrogen) atoms. The molecule has 0 amide bonds. The highest BCUT2D eigenvalue weighted by Crippen LogP contribution is 2.33. The number of nitrogens with zero attached hydrogens (tertiary/aromatic N) is 5. The van der Waals surface area contributed by atoms with Crippen LogP contribution in [0.1, 0.15) is 17.9 Å². The van der Waals surface area contributed by atoms with Crippen molar-refractivity contribution in [3.05, 3.63) is 54.2 Å². The first-order valence-corrected chi connectivity index (χ1v) is 9.06. The molecule has 1 saturated heterocycles. The number of imidazole rings is 1. The van der Waals surface area contributed by atoms with Gasteiger partial charge in [-0.2, -0.15) is 22.0 Å². The number of hydrogen-bond donors (Lipinski definition) is 0. The topological polar surface area (TPSA) is 37.2 Å². The number of piperazine rings is 1. The number of anilines is 1. The lowest BCUT2D eigenvalue weighted by Crippen LogP contribution is -2.46. The molecule has 1 aromatic carbocycles. The third kappa shape index (κ3) is 4.02. The molecular formula is C19H18F5N5. The number of rotatable bonds is 4. The largest absolute Gasteiger partial charge is 0.416 e. The van der Waals surface area contributed by atoms with Crippen LogP contribution in [0, 0.1) is 0 Å². The minimum atomic E-state index is -4.42. The van der Waals surface area contributed by atoms with Crippen LogP contribution in [-0.2, 0) is 12.7 Å². The third-order valence-electron chi connectivity index (χ3n) is 5.08. The molecule has 0 aliphatic carbocycles. The Morgan fingerprint density at radius 1 is 0.966 bits per heavy atom. The van der Waals surface area contributed by atoms with Gasteiger partial charge < -0.3 is 4.90 Å². The zero-order valence-corrected chi connectivity index (χ0v) is 15.3. The fourth-order valence-electron chi connectivity index (χ4n) is 3.58. The number of pyridine rings is 1. The molecule has 0 spiro atoms. The van der Waals surface area contributed by atoms with Gasteiger partial charge in [-0.25, -0.2) is 4.98 Å². The summed E-state index contributed by atoms with van der Waals surface area (Å²) in [5.74, 6) is 0.308. The lowest BCUT2D eigenvalue weighted by Gasteiger charge is -2.36. The van der Waals surface area contributed by atoms with Crippen molar-refractivity contribution in [3.63, 3.8) is 0 Å². The van der Waals surface area contributed by atoms with E-state index in [1.165, 1.54) is 24.7 Å². The minimum Gasteiger partial charge on any atom is -0.368 e. The lowest BCUT2D eigenvalue weighted by atomic mass is 10.1. The van der Waals surface area contributed by atoms with E-state index in [4.69, 9.17) is 0 Å². The van der Waals surface area contributed by atoms with Crippen LogP contribution in [0.4, 0.5) is 27.6 Å². The lowest BCUT2D eigenvalue weighted by molar-refractivity contribution is -0.137. The van der Waals surface area contributed by atoms with Gasteiger partial charge in [0.25, 0.3) is 0 Å². The normalized spacial score (nSPS) is 16.1. The van der Waals surface area contributed by atoms with Crippen LogP contribution in [0.3, 0.4) is 0 Å². The monoisotopic (exact) mass is 411 g/mol. The Labute approximate surface area is 163 Å². The first-order chi connectivity index (χ1) is 13.8. The number of benzene rings is 1. The zero-order valence-electron chi connectivity index (χ0n) is 15.3. The molecule has 1 fully saturated rings. The first-order valence-electron chi connectivity index (χ1n) is 9.06. The summed E-state index contributed by atoms with van der Waals surface area (Å²) in [6, 6.07) is 5.36. The Morgan fingerprint density at radius 2 is 1.72 bits per heavy atom. The maximum absolute atomic E-state index is 13.0. The maximum atomic E-state index is 13.0. The highest BCUT2D eigenvalue weighted by atomic mass is 19.4. The van der Waals surface area contributed by atoms with Gasteiger partial charge in [0.2, 0.25) is 0 Å². The summed E-state index contributed by atoms with van der Waals surface area (Å²) in [5, 5.41) is 0.655. The van der Waals surface area contributed by atoms with Gasteiger partial charge in [0.1, 0.15) is 5.82 Å². The minimum absolute atomic E-state index is 0.290. The summed E-state index contributed by atoms with van der Waals surface area (Å²) in [7, 11) is 0. The van der Waals surface area contributed by atoms with Gasteiger partial charge in [0.15, 0.2) is 0 Å². The summed E-state index contributed by atoms with van der Waals surface area (Å²) in [5.41, 5.74) is 0.380. The Hall–Kier alpha value is -2.75. The predicted molar refractivity (Wildman–Crippen MR) is 97.7 cm³/mol. The van der Waals surface area contributed by atoms with Gasteiger partial charge in [-0.1, -0.05) is 6.07 Å². The van der Waals surface area contributed by atoms with Crippen molar-refractivity contribution < 1.29 is 22.0 Å². The Balaban J connectivity index is 1.48. The molecule has 4 rings (SSSR count). The van der Waals surface area contributed by atoms with Crippen molar-refractivity contribution in [3.8, 4) is 0 Å². The standard InChI is InChI=1S/C19H18F5N5/c20-18(21)29-6-5-26-17(29)12-27-7-9-28(10-8-27)16-3-4-25-15-11-13(19(22,23)24)1-2-14(15)16/h1-6,11,18H,7-10,12H2. The summed E-state index contributed by atoms with van der Waals surface area (Å²) in [4.78, 5) is 12.2. The molecule has 1 aliphatic rings. The number of aromatic nitrogens is 3. The van der Waals surface area contributed by atoms with Crippen LogP contribution in [0.25, 0.3) is 10.9 Å². The number of alkyl halides is 5. The second kappa shape index (κ2) is 7.58. The molecule has 0 atom stereocenters. The number of fused-ring (bicyclic) bond motifs is 1. The molecule has 154 valence electrons. The highest BCUT2D eigenvalue weighted by Gasteiger charge is 2.31. The van der Waals surface area contributed by atoms with E-state index in [0.29, 0.717) is 49.5 Å². The average molecular weight is 411 g/mol. The summed E-state index contributed by atoms with van der Waals surface area (Å²) >= 11 is 0. The summed E-state index contributed by atoms with van der Waals surface area (Å²) in [6.07, 6.45) is -0.296. The predicted octanol–water partition coefficient (Wildman–Crippen LogP) is 4.17. The van der Waals surface area contributed by atoms with Crippen molar-refractivity contribution in [1.82, 2.24) is 19.4 Å². The molecule has 0 saturated carbocycles. The van der Waals surface area contributed by atoms with E-state index < -0.39 is 18.3 Å². The van der Waals surface area contributed by atoms with Crippen molar-refractivity contribution in [2.24, 2.45) is 0 Å². The van der Waals surface area contributed by atoms with Crippen molar-refractivity contribution >= 4 is 16.6 Å². The molecule has 10 heteroatoms. The van der Waals surface area contributed by atoms with E-state index >= 15 is 0 Å². The SMILES string of the molecule is FC(F)n1ccnc1CN1CCN(c2ccnc3cc(C(F)(F)F)ccc23)CC1. The van der Waals surface area contributed by atoms with Gasteiger partial charge in [-0.3, -0.25) is 14.5 Å². The Morgan fingerprint density at radius 3 is 2.41 bits per heavy atom. The fraction of sp³-hybridized carbons (Fsp3) is 0.368. The van der Waals surface area contributed by atoms with E-state index in [9.17, 15) is 22.0 Å². The van der Waals surface area contributed by atoms with Crippen LogP contribution in [0.15, 0.2) is 42.9 Å². The maximum Gasteiger partial charge on any atom is 0.416 e. The molecule has 3 heterocycles. The van der Waals surface area contributed by atoms with Crippen molar-refractivity contribution in [2.75, 3.05) is 31.1 Å². The summed E-state index contributed by atoms with van der Waals surface area (Å²) < 4.78 is 65.6. The molecule has 0 bridgehead atoms. The highest BCUT2D eigenvalue weighted by molar-refractivity contribution is 5.92. The third-order valence-corrected chi connectivity index (χ3v) is 5.08. The number of halogens is 5. The van der Waals surface area contributed by atoms with Gasteiger partial charge in [0, 0.05) is 55.8 Å². The average Bonchev–Trinajstić information content (AvgIpc) is 3.15. The van der Waals surface area contributed by atoms with Gasteiger partial charge >= 0.3 is 12.7 Å². The Bertz CT molecular complexity index is 992. The first kappa shape index (κ1) is 19.6. The summed E-state index contributed by atoms with van der Waals surface area (Å²) in [6.45, 7) is 0.183. The van der Waals surface area contributed by atoms with Crippen LogP contribution in [0.5, 0.6) is 0 Å². The second-order valence-electron chi connectivity index (χ2n) is 6.85. The van der Waals surface area contributed by atoms with Crippen LogP contribution in [-0.4, -0.2) is 45.6 Å². The van der Waals surface area contributed by atoms with E-state index in [1.807, 2.05) is 4.90 Å². The molecule has 0 unspecified atom stereocenters. The van der Waals surface area contributed by atoms with Crippen molar-refractivity contribution in [2.45, 2.75) is 19.3 Å². The molecule has 2 aromatic heterocycles. The molecular weight excluding hydrogens is 393 g/mol. The molecule has 0 radical (unpaired) electrons. The fourth-order valence-corrected chi connectivity index (χ4v) is 3.58. The number of hydrogen-bond acceptors (Lipinski definition) is 4. The molecule has 3 aromatic rings. The van der Waals surface area contributed by atoms with E-state index in [-0.39, 0.29) is 0 Å². The molecule has 1 aliphatic heterocycles.